The molecule has 0 saturated heterocycles. The van der Waals surface area contributed by atoms with Gasteiger partial charge in [-0.2, -0.15) is 10.4 Å². The normalized spacial score (nSPS) is 10.6. The third kappa shape index (κ3) is 6.68. The van der Waals surface area contributed by atoms with E-state index in [2.05, 4.69) is 41.7 Å². The van der Waals surface area contributed by atoms with E-state index < -0.39 is 5.56 Å². The average Bonchev–Trinajstić information content (AvgIpc) is 2.93. The monoisotopic (exact) mass is 586 g/mol. The number of halogens is 1. The number of nitrogens with zero attached hydrogens (tertiary/aromatic N) is 3. The van der Waals surface area contributed by atoms with E-state index in [0.29, 0.717) is 32.8 Å². The lowest BCUT2D eigenvalue weighted by Crippen LogP contribution is -2.21. The number of H-pyrrole nitrogens is 1. The molecule has 0 aliphatic rings. The Morgan fingerprint density at radius 2 is 1.92 bits per heavy atom. The number of hydrazone groups is 1. The van der Waals surface area contributed by atoms with E-state index in [4.69, 9.17) is 9.47 Å². The summed E-state index contributed by atoms with van der Waals surface area (Å²) in [5.41, 5.74) is 5.17. The number of nitriles is 1. The number of hydrogen-bond acceptors (Lipinski definition) is 8. The smallest absolute Gasteiger partial charge is 0.270 e. The average molecular weight is 587 g/mol. The minimum absolute atomic E-state index is 0.0692. The maximum absolute atomic E-state index is 12.4. The summed E-state index contributed by atoms with van der Waals surface area (Å²) in [5.74, 6) is 0.491. The number of ether oxygens (including phenoxy) is 2. The summed E-state index contributed by atoms with van der Waals surface area (Å²) in [5, 5.41) is 16.4. The van der Waals surface area contributed by atoms with Crippen LogP contribution < -0.4 is 25.8 Å². The van der Waals surface area contributed by atoms with Gasteiger partial charge < -0.3 is 14.8 Å². The predicted octanol–water partition coefficient (Wildman–Crippen LogP) is 4.85. The quantitative estimate of drug-likeness (QED) is 0.188. The fourth-order valence-electron chi connectivity index (χ4n) is 3.59. The van der Waals surface area contributed by atoms with Crippen LogP contribution in [-0.2, 0) is 4.79 Å². The molecule has 0 saturated carbocycles. The molecule has 1 amide bonds. The molecule has 3 aromatic carbocycles. The molecule has 39 heavy (non-hydrogen) atoms. The number of benzene rings is 3. The second-order valence-corrected chi connectivity index (χ2v) is 9.03. The molecular weight excluding hydrogens is 564 g/mol. The van der Waals surface area contributed by atoms with Gasteiger partial charge in [-0.25, -0.2) is 10.4 Å². The van der Waals surface area contributed by atoms with Crippen molar-refractivity contribution in [1.82, 2.24) is 9.97 Å². The van der Waals surface area contributed by atoms with Crippen molar-refractivity contribution in [3.05, 3.63) is 98.2 Å². The number of nitrogens with one attached hydrogen (secondary N) is 3. The number of aromatic nitrogens is 2. The molecule has 0 aliphatic heterocycles. The second kappa shape index (κ2) is 12.5. The molecular formula is C28H23BrN6O4. The molecule has 196 valence electrons. The molecule has 4 rings (SSSR count). The van der Waals surface area contributed by atoms with Crippen LogP contribution in [0.25, 0.3) is 11.3 Å². The first-order valence-electron chi connectivity index (χ1n) is 11.6. The van der Waals surface area contributed by atoms with Crippen molar-refractivity contribution in [3.8, 4) is 28.8 Å². The predicted molar refractivity (Wildman–Crippen MR) is 152 cm³/mol. The molecule has 3 N–H and O–H groups in total. The Balaban J connectivity index is 1.47. The number of hydrogen-bond donors (Lipinski definition) is 3. The summed E-state index contributed by atoms with van der Waals surface area (Å²) in [6.45, 7) is 1.68. The maximum Gasteiger partial charge on any atom is 0.270 e. The van der Waals surface area contributed by atoms with Crippen LogP contribution in [0.5, 0.6) is 11.5 Å². The van der Waals surface area contributed by atoms with Crippen LogP contribution in [0.1, 0.15) is 16.7 Å². The summed E-state index contributed by atoms with van der Waals surface area (Å²) in [6, 6.07) is 21.7. The van der Waals surface area contributed by atoms with Gasteiger partial charge in [0.1, 0.15) is 11.6 Å². The molecule has 0 radical (unpaired) electrons. The Morgan fingerprint density at radius 3 is 2.64 bits per heavy atom. The molecule has 4 aromatic rings. The Bertz CT molecular complexity index is 1630. The summed E-state index contributed by atoms with van der Waals surface area (Å²) in [4.78, 5) is 31.7. The van der Waals surface area contributed by atoms with E-state index in [-0.39, 0.29) is 29.7 Å². The zero-order chi connectivity index (χ0) is 27.8. The van der Waals surface area contributed by atoms with E-state index in [0.717, 1.165) is 5.56 Å². The van der Waals surface area contributed by atoms with Gasteiger partial charge in [0.25, 0.3) is 11.5 Å². The third-order valence-corrected chi connectivity index (χ3v) is 6.07. The topological polar surface area (TPSA) is 141 Å². The van der Waals surface area contributed by atoms with Crippen molar-refractivity contribution in [2.75, 3.05) is 24.5 Å². The van der Waals surface area contributed by atoms with Gasteiger partial charge in [0.2, 0.25) is 5.95 Å². The van der Waals surface area contributed by atoms with E-state index in [1.165, 1.54) is 13.3 Å². The molecule has 0 atom stereocenters. The van der Waals surface area contributed by atoms with Gasteiger partial charge in [-0.1, -0.05) is 48.5 Å². The highest BCUT2D eigenvalue weighted by atomic mass is 79.9. The minimum Gasteiger partial charge on any atom is -0.493 e. The fraction of sp³-hybridized carbons (Fsp3) is 0.107. The highest BCUT2D eigenvalue weighted by molar-refractivity contribution is 9.10. The molecule has 1 aromatic heterocycles. The number of anilines is 2. The van der Waals surface area contributed by atoms with Gasteiger partial charge in [0.05, 0.1) is 23.5 Å². The number of carbonyl (C=O) groups excluding carboxylic acids is 1. The second-order valence-electron chi connectivity index (χ2n) is 8.17. The lowest BCUT2D eigenvalue weighted by molar-refractivity contribution is -0.118. The Morgan fingerprint density at radius 1 is 1.18 bits per heavy atom. The summed E-state index contributed by atoms with van der Waals surface area (Å²) < 4.78 is 11.7. The SMILES string of the molecule is COc1cc(C=NNc2nc(-c3ccccc3)c(C#N)c(=O)[nH]2)cc(Br)c1OCC(=O)Nc1ccccc1C. The summed E-state index contributed by atoms with van der Waals surface area (Å²) >= 11 is 3.46. The van der Waals surface area contributed by atoms with Crippen molar-refractivity contribution in [2.45, 2.75) is 6.92 Å². The highest BCUT2D eigenvalue weighted by Gasteiger charge is 2.15. The third-order valence-electron chi connectivity index (χ3n) is 5.48. The largest absolute Gasteiger partial charge is 0.493 e. The molecule has 0 fully saturated rings. The first-order valence-corrected chi connectivity index (χ1v) is 12.4. The van der Waals surface area contributed by atoms with Gasteiger partial charge in [0.15, 0.2) is 18.1 Å². The lowest BCUT2D eigenvalue weighted by atomic mass is 10.1. The van der Waals surface area contributed by atoms with Crippen LogP contribution in [0.4, 0.5) is 11.6 Å². The summed E-state index contributed by atoms with van der Waals surface area (Å²) in [7, 11) is 1.48. The lowest BCUT2D eigenvalue weighted by Gasteiger charge is -2.14. The number of para-hydroxylation sites is 1. The number of rotatable bonds is 9. The van der Waals surface area contributed by atoms with Gasteiger partial charge >= 0.3 is 0 Å². The maximum atomic E-state index is 12.4. The van der Waals surface area contributed by atoms with Crippen molar-refractivity contribution in [2.24, 2.45) is 5.10 Å². The van der Waals surface area contributed by atoms with Gasteiger partial charge in [-0.05, 0) is 52.2 Å². The van der Waals surface area contributed by atoms with E-state index in [9.17, 15) is 14.9 Å². The van der Waals surface area contributed by atoms with Crippen LogP contribution >= 0.6 is 15.9 Å². The Labute approximate surface area is 232 Å². The number of methoxy groups -OCH3 is 1. The first kappa shape index (κ1) is 27.1. The molecule has 0 aliphatic carbocycles. The number of amides is 1. The first-order chi connectivity index (χ1) is 18.9. The minimum atomic E-state index is -0.582. The standard InChI is InChI=1S/C28H23BrN6O4/c1-17-8-6-7-11-22(17)32-24(36)16-39-26-21(29)12-18(13-23(26)38-2)15-31-35-28-33-25(19-9-4-3-5-10-19)20(14-30)27(37)34-28/h3-13,15H,16H2,1-2H3,(H,32,36)(H2,33,34,35,37). The summed E-state index contributed by atoms with van der Waals surface area (Å²) in [6.07, 6.45) is 1.49. The molecule has 0 bridgehead atoms. The van der Waals surface area contributed by atoms with Crippen molar-refractivity contribution >= 4 is 39.7 Å². The molecule has 0 unspecified atom stereocenters. The van der Waals surface area contributed by atoms with Gasteiger partial charge in [0, 0.05) is 11.3 Å². The highest BCUT2D eigenvalue weighted by Crippen LogP contribution is 2.36. The molecule has 0 spiro atoms. The van der Waals surface area contributed by atoms with E-state index in [1.54, 1.807) is 36.4 Å². The van der Waals surface area contributed by atoms with Crippen LogP contribution in [-0.4, -0.2) is 35.8 Å². The van der Waals surface area contributed by atoms with Crippen LogP contribution in [0.15, 0.2) is 81.1 Å². The Kier molecular flexibility index (Phi) is 8.71. The van der Waals surface area contributed by atoms with Crippen LogP contribution in [0.2, 0.25) is 0 Å². The zero-order valence-corrected chi connectivity index (χ0v) is 22.6. The van der Waals surface area contributed by atoms with Crippen molar-refractivity contribution in [3.63, 3.8) is 0 Å². The van der Waals surface area contributed by atoms with Crippen LogP contribution in [0.3, 0.4) is 0 Å². The van der Waals surface area contributed by atoms with Gasteiger partial charge in [-0.3, -0.25) is 14.6 Å². The van der Waals surface area contributed by atoms with Gasteiger partial charge in [-0.15, -0.1) is 0 Å². The van der Waals surface area contributed by atoms with E-state index in [1.807, 2.05) is 43.3 Å². The van der Waals surface area contributed by atoms with Crippen molar-refractivity contribution in [1.29, 1.82) is 5.26 Å². The van der Waals surface area contributed by atoms with Crippen molar-refractivity contribution < 1.29 is 14.3 Å². The number of aromatic amines is 1. The molecule has 10 nitrogen and oxygen atoms in total. The number of aryl methyl sites for hydroxylation is 1. The number of carbonyl (C=O) groups is 1. The molecule has 11 heteroatoms. The zero-order valence-electron chi connectivity index (χ0n) is 21.0. The fourth-order valence-corrected chi connectivity index (χ4v) is 4.17. The van der Waals surface area contributed by atoms with E-state index >= 15 is 0 Å². The molecule has 1 heterocycles. The van der Waals surface area contributed by atoms with Crippen LogP contribution in [0, 0.1) is 18.3 Å². The Hall–Kier alpha value is -4.95.